The Kier molecular flexibility index (Phi) is 5.63. The molecule has 0 N–H and O–H groups in total. The highest BCUT2D eigenvalue weighted by Gasteiger charge is 2.12. The van der Waals surface area contributed by atoms with E-state index in [-0.39, 0.29) is 0 Å². The molecule has 0 heteroatoms. The van der Waals surface area contributed by atoms with Crippen molar-refractivity contribution in [1.82, 2.24) is 0 Å². The van der Waals surface area contributed by atoms with E-state index in [0.717, 1.165) is 6.42 Å². The van der Waals surface area contributed by atoms with Crippen LogP contribution in [0, 0.1) is 0 Å². The average Bonchev–Trinajstić information content (AvgIpc) is 2.32. The Bertz CT molecular complexity index is 332. The molecule has 86 valence electrons. The van der Waals surface area contributed by atoms with Crippen LogP contribution in [0.3, 0.4) is 0 Å². The lowest BCUT2D eigenvalue weighted by atomic mass is 9.86. The smallest absolute Gasteiger partial charge is 0.00486 e. The van der Waals surface area contributed by atoms with E-state index < -0.39 is 0 Å². The van der Waals surface area contributed by atoms with Gasteiger partial charge in [0, 0.05) is 5.92 Å². The summed E-state index contributed by atoms with van der Waals surface area (Å²) in [5, 5.41) is 0. The van der Waals surface area contributed by atoms with Gasteiger partial charge in [-0.3, -0.25) is 0 Å². The summed E-state index contributed by atoms with van der Waals surface area (Å²) in [7, 11) is 0. The second-order valence-corrected chi connectivity index (χ2v) is 4.10. The van der Waals surface area contributed by atoms with Crippen LogP contribution in [0.15, 0.2) is 54.6 Å². The van der Waals surface area contributed by atoms with E-state index in [4.69, 9.17) is 0 Å². The molecule has 0 aromatic heterocycles. The number of allylic oxidation sites excluding steroid dienone is 3. The van der Waals surface area contributed by atoms with Crippen molar-refractivity contribution in [1.29, 1.82) is 0 Å². The van der Waals surface area contributed by atoms with E-state index in [1.165, 1.54) is 24.0 Å². The maximum atomic E-state index is 3.82. The molecular formula is C16H22. The molecule has 0 heterocycles. The summed E-state index contributed by atoms with van der Waals surface area (Å²) >= 11 is 0. The van der Waals surface area contributed by atoms with Gasteiger partial charge in [0.15, 0.2) is 0 Å². The van der Waals surface area contributed by atoms with E-state index in [9.17, 15) is 0 Å². The van der Waals surface area contributed by atoms with Gasteiger partial charge in [0.25, 0.3) is 0 Å². The third-order valence-corrected chi connectivity index (χ3v) is 2.93. The Morgan fingerprint density at radius 3 is 2.44 bits per heavy atom. The van der Waals surface area contributed by atoms with Gasteiger partial charge in [-0.15, -0.1) is 0 Å². The molecule has 0 saturated heterocycles. The van der Waals surface area contributed by atoms with Crippen molar-refractivity contribution in [2.24, 2.45) is 0 Å². The molecule has 0 radical (unpaired) electrons. The lowest BCUT2D eigenvalue weighted by Gasteiger charge is -2.19. The van der Waals surface area contributed by atoms with Gasteiger partial charge in [-0.05, 0) is 18.4 Å². The summed E-state index contributed by atoms with van der Waals surface area (Å²) in [6.45, 7) is 8.30. The first-order chi connectivity index (χ1) is 7.83. The molecule has 0 saturated carbocycles. The van der Waals surface area contributed by atoms with Crippen molar-refractivity contribution in [2.75, 3.05) is 0 Å². The first-order valence-corrected chi connectivity index (χ1v) is 6.19. The molecule has 0 fully saturated rings. The van der Waals surface area contributed by atoms with Gasteiger partial charge < -0.3 is 0 Å². The van der Waals surface area contributed by atoms with Crippen LogP contribution in [0.25, 0.3) is 0 Å². The van der Waals surface area contributed by atoms with Gasteiger partial charge >= 0.3 is 0 Å². The first kappa shape index (κ1) is 12.8. The lowest BCUT2D eigenvalue weighted by molar-refractivity contribution is 0.705. The van der Waals surface area contributed by atoms with Crippen molar-refractivity contribution in [3.63, 3.8) is 0 Å². The predicted octanol–water partition coefficient (Wildman–Crippen LogP) is 5.09. The Hall–Kier alpha value is -1.30. The van der Waals surface area contributed by atoms with E-state index in [1.807, 2.05) is 6.08 Å². The van der Waals surface area contributed by atoms with Gasteiger partial charge in [-0.2, -0.15) is 0 Å². The molecule has 0 amide bonds. The number of rotatable bonds is 6. The van der Waals surface area contributed by atoms with Crippen LogP contribution in [-0.4, -0.2) is 0 Å². The number of hydrogen-bond acceptors (Lipinski definition) is 0. The summed E-state index contributed by atoms with van der Waals surface area (Å²) in [6, 6.07) is 10.8. The van der Waals surface area contributed by atoms with Crippen LogP contribution < -0.4 is 0 Å². The minimum Gasteiger partial charge on any atom is -0.0991 e. The van der Waals surface area contributed by atoms with Crippen LogP contribution >= 0.6 is 0 Å². The third-order valence-electron chi connectivity index (χ3n) is 2.93. The zero-order valence-corrected chi connectivity index (χ0v) is 10.4. The van der Waals surface area contributed by atoms with E-state index in [1.54, 1.807) is 0 Å². The van der Waals surface area contributed by atoms with Gasteiger partial charge in [-0.1, -0.05) is 74.9 Å². The second-order valence-electron chi connectivity index (χ2n) is 4.10. The first-order valence-electron chi connectivity index (χ1n) is 6.19. The molecule has 1 aromatic rings. The van der Waals surface area contributed by atoms with E-state index in [0.29, 0.717) is 5.92 Å². The second kappa shape index (κ2) is 7.05. The summed E-state index contributed by atoms with van der Waals surface area (Å²) in [4.78, 5) is 0. The zero-order chi connectivity index (χ0) is 11.8. The molecule has 0 bridgehead atoms. The largest absolute Gasteiger partial charge is 0.0991 e. The molecule has 1 unspecified atom stereocenters. The fourth-order valence-electron chi connectivity index (χ4n) is 2.21. The van der Waals surface area contributed by atoms with Crippen molar-refractivity contribution < 1.29 is 0 Å². The van der Waals surface area contributed by atoms with Gasteiger partial charge in [0.1, 0.15) is 0 Å². The van der Waals surface area contributed by atoms with E-state index in [2.05, 4.69) is 56.8 Å². The maximum Gasteiger partial charge on any atom is 0.00486 e. The fraction of sp³-hybridized carbons (Fsp3) is 0.375. The Morgan fingerprint density at radius 2 is 1.94 bits per heavy atom. The van der Waals surface area contributed by atoms with Crippen molar-refractivity contribution in [2.45, 2.75) is 39.0 Å². The minimum absolute atomic E-state index is 0.555. The highest BCUT2D eigenvalue weighted by Crippen LogP contribution is 2.30. The summed E-state index contributed by atoms with van der Waals surface area (Å²) in [5.74, 6) is 0.555. The normalized spacial score (nSPS) is 13.5. The summed E-state index contributed by atoms with van der Waals surface area (Å²) < 4.78 is 0. The molecule has 0 aliphatic rings. The van der Waals surface area contributed by atoms with E-state index >= 15 is 0 Å². The van der Waals surface area contributed by atoms with Crippen LogP contribution in [0.5, 0.6) is 0 Å². The third kappa shape index (κ3) is 3.37. The molecule has 0 nitrogen and oxygen atoms in total. The van der Waals surface area contributed by atoms with Crippen molar-refractivity contribution in [3.05, 3.63) is 60.2 Å². The topological polar surface area (TPSA) is 0 Å². The fourth-order valence-corrected chi connectivity index (χ4v) is 2.21. The summed E-state index contributed by atoms with van der Waals surface area (Å²) in [5.41, 5.74) is 2.93. The quantitative estimate of drug-likeness (QED) is 0.578. The highest BCUT2D eigenvalue weighted by atomic mass is 14.2. The Labute approximate surface area is 99.7 Å². The minimum atomic E-state index is 0.555. The molecule has 1 atom stereocenters. The molecule has 0 aliphatic carbocycles. The molecule has 1 aromatic carbocycles. The Balaban J connectivity index is 2.95. The van der Waals surface area contributed by atoms with Gasteiger partial charge in [0.05, 0.1) is 0 Å². The lowest BCUT2D eigenvalue weighted by Crippen LogP contribution is -2.01. The maximum absolute atomic E-state index is 3.82. The molecule has 1 rings (SSSR count). The zero-order valence-electron chi connectivity index (χ0n) is 10.4. The number of benzene rings is 1. The SMILES string of the molecule is C=C/C=C(\CCC)C(CC)c1ccccc1. The molecular weight excluding hydrogens is 192 g/mol. The highest BCUT2D eigenvalue weighted by molar-refractivity contribution is 5.30. The monoisotopic (exact) mass is 214 g/mol. The van der Waals surface area contributed by atoms with Gasteiger partial charge in [0.2, 0.25) is 0 Å². The van der Waals surface area contributed by atoms with Crippen LogP contribution in [0.2, 0.25) is 0 Å². The van der Waals surface area contributed by atoms with Crippen LogP contribution in [-0.2, 0) is 0 Å². The predicted molar refractivity (Wildman–Crippen MR) is 72.7 cm³/mol. The molecule has 16 heavy (non-hydrogen) atoms. The van der Waals surface area contributed by atoms with Crippen LogP contribution in [0.4, 0.5) is 0 Å². The average molecular weight is 214 g/mol. The number of hydrogen-bond donors (Lipinski definition) is 0. The standard InChI is InChI=1S/C16H22/c1-4-10-14(11-5-2)16(6-3)15-12-8-7-9-13-15/h4,7-10,12-13,16H,1,5-6,11H2,2-3H3/b14-10+. The van der Waals surface area contributed by atoms with Crippen LogP contribution in [0.1, 0.15) is 44.6 Å². The molecule has 0 aliphatic heterocycles. The van der Waals surface area contributed by atoms with Crippen molar-refractivity contribution in [3.8, 4) is 0 Å². The summed E-state index contributed by atoms with van der Waals surface area (Å²) in [6.07, 6.45) is 7.62. The van der Waals surface area contributed by atoms with Crippen molar-refractivity contribution >= 4 is 0 Å². The van der Waals surface area contributed by atoms with Gasteiger partial charge in [-0.25, -0.2) is 0 Å². The Morgan fingerprint density at radius 1 is 1.25 bits per heavy atom. The molecule has 0 spiro atoms.